The van der Waals surface area contributed by atoms with Crippen molar-refractivity contribution in [1.82, 2.24) is 10.2 Å². The topological polar surface area (TPSA) is 15.3 Å². The zero-order valence-electron chi connectivity index (χ0n) is 12.8. The second-order valence-electron chi connectivity index (χ2n) is 7.13. The van der Waals surface area contributed by atoms with Crippen molar-refractivity contribution in [3.8, 4) is 0 Å². The van der Waals surface area contributed by atoms with E-state index in [2.05, 4.69) is 38.0 Å². The summed E-state index contributed by atoms with van der Waals surface area (Å²) in [6.07, 6.45) is 5.65. The highest BCUT2D eigenvalue weighted by atomic mass is 15.1. The number of nitrogens with one attached hydrogen (secondary N) is 1. The number of likely N-dealkylation sites (tertiary alicyclic amines) is 1. The molecule has 1 saturated carbocycles. The van der Waals surface area contributed by atoms with Crippen LogP contribution < -0.4 is 5.32 Å². The lowest BCUT2D eigenvalue weighted by atomic mass is 9.73. The van der Waals surface area contributed by atoms with E-state index in [1.165, 1.54) is 45.3 Å². The van der Waals surface area contributed by atoms with Gasteiger partial charge < -0.3 is 10.2 Å². The summed E-state index contributed by atoms with van der Waals surface area (Å²) in [5, 5.41) is 3.57. The molecule has 2 aliphatic rings. The summed E-state index contributed by atoms with van der Waals surface area (Å²) in [6, 6.07) is 0.760. The Labute approximate surface area is 114 Å². The SMILES string of the molecule is CNC1CCC(C(C)C)CC1CN1CCC(C)C1. The van der Waals surface area contributed by atoms with E-state index < -0.39 is 0 Å². The Morgan fingerprint density at radius 1 is 1.22 bits per heavy atom. The third kappa shape index (κ3) is 3.48. The van der Waals surface area contributed by atoms with Crippen molar-refractivity contribution < 1.29 is 0 Å². The fourth-order valence-corrected chi connectivity index (χ4v) is 4.01. The van der Waals surface area contributed by atoms with Crippen molar-refractivity contribution in [3.05, 3.63) is 0 Å². The molecule has 4 atom stereocenters. The lowest BCUT2D eigenvalue weighted by Crippen LogP contribution is -2.44. The molecule has 106 valence electrons. The molecule has 2 nitrogen and oxygen atoms in total. The summed E-state index contributed by atoms with van der Waals surface area (Å²) in [7, 11) is 2.15. The molecule has 1 saturated heterocycles. The lowest BCUT2D eigenvalue weighted by molar-refractivity contribution is 0.134. The highest BCUT2D eigenvalue weighted by Gasteiger charge is 2.33. The van der Waals surface area contributed by atoms with Crippen LogP contribution in [0.1, 0.15) is 46.5 Å². The number of hydrogen-bond acceptors (Lipinski definition) is 2. The minimum absolute atomic E-state index is 0.760. The monoisotopic (exact) mass is 252 g/mol. The van der Waals surface area contributed by atoms with Gasteiger partial charge in [0.05, 0.1) is 0 Å². The van der Waals surface area contributed by atoms with E-state index in [4.69, 9.17) is 0 Å². The van der Waals surface area contributed by atoms with Gasteiger partial charge in [-0.15, -0.1) is 0 Å². The van der Waals surface area contributed by atoms with Gasteiger partial charge in [0, 0.05) is 19.1 Å². The number of nitrogens with zero attached hydrogens (tertiary/aromatic N) is 1. The van der Waals surface area contributed by atoms with E-state index in [0.29, 0.717) is 0 Å². The minimum atomic E-state index is 0.760. The smallest absolute Gasteiger partial charge is 0.0105 e. The Hall–Kier alpha value is -0.0800. The molecule has 4 unspecified atom stereocenters. The highest BCUT2D eigenvalue weighted by Crippen LogP contribution is 2.35. The number of rotatable bonds is 4. The van der Waals surface area contributed by atoms with Crippen molar-refractivity contribution in [3.63, 3.8) is 0 Å². The molecule has 1 aliphatic carbocycles. The van der Waals surface area contributed by atoms with E-state index in [1.807, 2.05) is 0 Å². The normalized spacial score (nSPS) is 38.5. The first-order valence-corrected chi connectivity index (χ1v) is 7.99. The predicted molar refractivity (Wildman–Crippen MR) is 78.7 cm³/mol. The molecule has 2 fully saturated rings. The average molecular weight is 252 g/mol. The summed E-state index contributed by atoms with van der Waals surface area (Å²) in [5.74, 6) is 3.62. The maximum atomic E-state index is 3.57. The van der Waals surface area contributed by atoms with Crippen molar-refractivity contribution in [2.24, 2.45) is 23.7 Å². The maximum Gasteiger partial charge on any atom is 0.0105 e. The number of hydrogen-bond donors (Lipinski definition) is 1. The molecule has 1 N–H and O–H groups in total. The van der Waals surface area contributed by atoms with Gasteiger partial charge in [0.15, 0.2) is 0 Å². The molecule has 0 spiro atoms. The molecule has 0 radical (unpaired) electrons. The molecule has 1 aliphatic heterocycles. The molecular formula is C16H32N2. The van der Waals surface area contributed by atoms with Crippen LogP contribution in [0.4, 0.5) is 0 Å². The second-order valence-corrected chi connectivity index (χ2v) is 7.13. The van der Waals surface area contributed by atoms with E-state index in [0.717, 1.165) is 29.7 Å². The van der Waals surface area contributed by atoms with Crippen molar-refractivity contribution in [2.45, 2.75) is 52.5 Å². The Morgan fingerprint density at radius 2 is 2.00 bits per heavy atom. The van der Waals surface area contributed by atoms with Gasteiger partial charge in [-0.05, 0) is 62.9 Å². The van der Waals surface area contributed by atoms with Gasteiger partial charge in [0.1, 0.15) is 0 Å². The molecule has 2 heteroatoms. The molecule has 2 rings (SSSR count). The van der Waals surface area contributed by atoms with Crippen LogP contribution in [0.3, 0.4) is 0 Å². The van der Waals surface area contributed by atoms with Gasteiger partial charge in [-0.2, -0.15) is 0 Å². The summed E-state index contributed by atoms with van der Waals surface area (Å²) in [5.41, 5.74) is 0. The molecule has 1 heterocycles. The molecule has 0 aromatic rings. The standard InChI is InChI=1S/C16H32N2/c1-12(2)14-5-6-16(17-4)15(9-14)11-18-8-7-13(3)10-18/h12-17H,5-11H2,1-4H3. The Balaban J connectivity index is 1.89. The van der Waals surface area contributed by atoms with Gasteiger partial charge in [-0.1, -0.05) is 20.8 Å². The third-order valence-corrected chi connectivity index (χ3v) is 5.34. The van der Waals surface area contributed by atoms with E-state index in [1.54, 1.807) is 0 Å². The van der Waals surface area contributed by atoms with E-state index in [-0.39, 0.29) is 0 Å². The van der Waals surface area contributed by atoms with Gasteiger partial charge in [-0.3, -0.25) is 0 Å². The molecule has 0 aromatic heterocycles. The first-order chi connectivity index (χ1) is 8.60. The zero-order valence-corrected chi connectivity index (χ0v) is 12.8. The van der Waals surface area contributed by atoms with Crippen molar-refractivity contribution in [2.75, 3.05) is 26.7 Å². The summed E-state index contributed by atoms with van der Waals surface area (Å²) in [6.45, 7) is 11.2. The Morgan fingerprint density at radius 3 is 2.56 bits per heavy atom. The quantitative estimate of drug-likeness (QED) is 0.827. The van der Waals surface area contributed by atoms with Crippen LogP contribution in [0.15, 0.2) is 0 Å². The van der Waals surface area contributed by atoms with Crippen molar-refractivity contribution in [1.29, 1.82) is 0 Å². The van der Waals surface area contributed by atoms with E-state index in [9.17, 15) is 0 Å². The highest BCUT2D eigenvalue weighted by molar-refractivity contribution is 4.88. The Kier molecular flexibility index (Phi) is 5.08. The van der Waals surface area contributed by atoms with Gasteiger partial charge in [0.2, 0.25) is 0 Å². The predicted octanol–water partition coefficient (Wildman–Crippen LogP) is 2.99. The minimum Gasteiger partial charge on any atom is -0.317 e. The third-order valence-electron chi connectivity index (χ3n) is 5.34. The van der Waals surface area contributed by atoms with Crippen LogP contribution in [0.5, 0.6) is 0 Å². The molecule has 0 aromatic carbocycles. The molecular weight excluding hydrogens is 220 g/mol. The first-order valence-electron chi connectivity index (χ1n) is 7.99. The lowest BCUT2D eigenvalue weighted by Gasteiger charge is -2.39. The van der Waals surface area contributed by atoms with Crippen molar-refractivity contribution >= 4 is 0 Å². The fraction of sp³-hybridized carbons (Fsp3) is 1.00. The van der Waals surface area contributed by atoms with Crippen LogP contribution in [-0.4, -0.2) is 37.6 Å². The largest absolute Gasteiger partial charge is 0.317 e. The van der Waals surface area contributed by atoms with Gasteiger partial charge >= 0.3 is 0 Å². The van der Waals surface area contributed by atoms with Crippen LogP contribution in [0.25, 0.3) is 0 Å². The Bertz CT molecular complexity index is 251. The average Bonchev–Trinajstić information content (AvgIpc) is 2.74. The summed E-state index contributed by atoms with van der Waals surface area (Å²) < 4.78 is 0. The maximum absolute atomic E-state index is 3.57. The first kappa shape index (κ1) is 14.3. The zero-order chi connectivity index (χ0) is 13.1. The van der Waals surface area contributed by atoms with Gasteiger partial charge in [0.25, 0.3) is 0 Å². The molecule has 18 heavy (non-hydrogen) atoms. The van der Waals surface area contributed by atoms with Gasteiger partial charge in [-0.25, -0.2) is 0 Å². The fourth-order valence-electron chi connectivity index (χ4n) is 4.01. The molecule has 0 amide bonds. The molecule has 0 bridgehead atoms. The summed E-state index contributed by atoms with van der Waals surface area (Å²) >= 11 is 0. The van der Waals surface area contributed by atoms with Crippen LogP contribution >= 0.6 is 0 Å². The van der Waals surface area contributed by atoms with E-state index >= 15 is 0 Å². The summed E-state index contributed by atoms with van der Waals surface area (Å²) in [4.78, 5) is 2.71. The van der Waals surface area contributed by atoms with Crippen LogP contribution in [-0.2, 0) is 0 Å². The second kappa shape index (κ2) is 6.38. The van der Waals surface area contributed by atoms with Crippen LogP contribution in [0, 0.1) is 23.7 Å². The van der Waals surface area contributed by atoms with Crippen LogP contribution in [0.2, 0.25) is 0 Å².